The van der Waals surface area contributed by atoms with Crippen molar-refractivity contribution in [3.63, 3.8) is 0 Å². The minimum atomic E-state index is -0.0881. The molecule has 1 N–H and O–H groups in total. The maximum atomic E-state index is 9.52. The van der Waals surface area contributed by atoms with Crippen LogP contribution in [0.2, 0.25) is 0 Å². The van der Waals surface area contributed by atoms with E-state index in [4.69, 9.17) is 0 Å². The molecule has 1 fully saturated rings. The standard InChI is InChI=1S/C13H28N2O/c1-4-13(16)8-6-10-15-9-5-7-12(15)11-14(2)3/h12-13,16H,4-11H2,1-3H3. The second-order valence-electron chi connectivity index (χ2n) is 5.30. The zero-order valence-electron chi connectivity index (χ0n) is 11.2. The van der Waals surface area contributed by atoms with E-state index in [0.29, 0.717) is 0 Å². The zero-order chi connectivity index (χ0) is 12.0. The van der Waals surface area contributed by atoms with Gasteiger partial charge in [0.2, 0.25) is 0 Å². The summed E-state index contributed by atoms with van der Waals surface area (Å²) in [5.74, 6) is 0. The van der Waals surface area contributed by atoms with Crippen LogP contribution in [0.3, 0.4) is 0 Å². The van der Waals surface area contributed by atoms with E-state index in [9.17, 15) is 5.11 Å². The van der Waals surface area contributed by atoms with Gasteiger partial charge in [-0.3, -0.25) is 4.90 Å². The molecule has 0 bridgehead atoms. The molecule has 1 rings (SSSR count). The van der Waals surface area contributed by atoms with Crippen molar-refractivity contribution in [2.45, 2.75) is 51.2 Å². The molecule has 96 valence electrons. The molecule has 0 saturated carbocycles. The van der Waals surface area contributed by atoms with Gasteiger partial charge < -0.3 is 10.0 Å². The van der Waals surface area contributed by atoms with E-state index in [2.05, 4.69) is 30.8 Å². The molecule has 0 radical (unpaired) electrons. The lowest BCUT2D eigenvalue weighted by Crippen LogP contribution is -2.38. The van der Waals surface area contributed by atoms with Gasteiger partial charge in [-0.25, -0.2) is 0 Å². The SMILES string of the molecule is CCC(O)CCCN1CCCC1CN(C)C. The molecular weight excluding hydrogens is 200 g/mol. The number of aliphatic hydroxyl groups excluding tert-OH is 1. The van der Waals surface area contributed by atoms with Crippen molar-refractivity contribution in [3.8, 4) is 0 Å². The molecule has 1 saturated heterocycles. The monoisotopic (exact) mass is 228 g/mol. The van der Waals surface area contributed by atoms with E-state index in [1.165, 1.54) is 25.9 Å². The van der Waals surface area contributed by atoms with Crippen molar-refractivity contribution >= 4 is 0 Å². The fourth-order valence-corrected chi connectivity index (χ4v) is 2.55. The quantitative estimate of drug-likeness (QED) is 0.716. The number of nitrogens with zero attached hydrogens (tertiary/aromatic N) is 2. The van der Waals surface area contributed by atoms with Gasteiger partial charge in [0.15, 0.2) is 0 Å². The Labute approximate surface area is 100 Å². The van der Waals surface area contributed by atoms with Crippen molar-refractivity contribution in [1.82, 2.24) is 9.80 Å². The molecule has 0 aliphatic carbocycles. The average molecular weight is 228 g/mol. The average Bonchev–Trinajstić information content (AvgIpc) is 2.64. The number of likely N-dealkylation sites (tertiary alicyclic amines) is 1. The van der Waals surface area contributed by atoms with Crippen molar-refractivity contribution in [3.05, 3.63) is 0 Å². The Hall–Kier alpha value is -0.120. The predicted octanol–water partition coefficient (Wildman–Crippen LogP) is 1.56. The molecule has 2 unspecified atom stereocenters. The second-order valence-corrected chi connectivity index (χ2v) is 5.30. The zero-order valence-corrected chi connectivity index (χ0v) is 11.2. The fraction of sp³-hybridized carbons (Fsp3) is 1.00. The van der Waals surface area contributed by atoms with E-state index in [-0.39, 0.29) is 6.10 Å². The molecule has 3 nitrogen and oxygen atoms in total. The molecule has 1 aliphatic rings. The number of rotatable bonds is 7. The normalized spacial score (nSPS) is 24.2. The smallest absolute Gasteiger partial charge is 0.0538 e. The van der Waals surface area contributed by atoms with Gasteiger partial charge in [-0.05, 0) is 59.3 Å². The van der Waals surface area contributed by atoms with Crippen LogP contribution in [-0.2, 0) is 0 Å². The van der Waals surface area contributed by atoms with Gasteiger partial charge in [0.05, 0.1) is 6.10 Å². The highest BCUT2D eigenvalue weighted by Gasteiger charge is 2.24. The highest BCUT2D eigenvalue weighted by molar-refractivity contribution is 4.80. The van der Waals surface area contributed by atoms with Crippen LogP contribution in [0.25, 0.3) is 0 Å². The molecule has 1 heterocycles. The third-order valence-corrected chi connectivity index (χ3v) is 3.53. The maximum absolute atomic E-state index is 9.52. The van der Waals surface area contributed by atoms with Gasteiger partial charge in [0.1, 0.15) is 0 Å². The summed E-state index contributed by atoms with van der Waals surface area (Å²) in [4.78, 5) is 4.88. The Kier molecular flexibility index (Phi) is 6.32. The molecule has 0 aromatic rings. The Morgan fingerprint density at radius 1 is 1.44 bits per heavy atom. The first-order valence-corrected chi connectivity index (χ1v) is 6.70. The van der Waals surface area contributed by atoms with Crippen molar-refractivity contribution in [2.75, 3.05) is 33.7 Å². The summed E-state index contributed by atoms with van der Waals surface area (Å²) in [5, 5.41) is 9.52. The van der Waals surface area contributed by atoms with E-state index >= 15 is 0 Å². The highest BCUT2D eigenvalue weighted by Crippen LogP contribution is 2.18. The second kappa shape index (κ2) is 7.25. The molecule has 3 heteroatoms. The summed E-state index contributed by atoms with van der Waals surface area (Å²) in [6.45, 7) is 5.64. The topological polar surface area (TPSA) is 26.7 Å². The lowest BCUT2D eigenvalue weighted by Gasteiger charge is -2.27. The summed E-state index contributed by atoms with van der Waals surface area (Å²) in [5.41, 5.74) is 0. The summed E-state index contributed by atoms with van der Waals surface area (Å²) < 4.78 is 0. The Balaban J connectivity index is 2.19. The predicted molar refractivity (Wildman–Crippen MR) is 68.7 cm³/mol. The van der Waals surface area contributed by atoms with Gasteiger partial charge in [0, 0.05) is 12.6 Å². The number of aliphatic hydroxyl groups is 1. The van der Waals surface area contributed by atoms with Crippen LogP contribution in [-0.4, -0.2) is 60.8 Å². The Morgan fingerprint density at radius 3 is 2.81 bits per heavy atom. The van der Waals surface area contributed by atoms with Gasteiger partial charge in [0.25, 0.3) is 0 Å². The third-order valence-electron chi connectivity index (χ3n) is 3.53. The van der Waals surface area contributed by atoms with Crippen LogP contribution in [0.1, 0.15) is 39.0 Å². The Morgan fingerprint density at radius 2 is 2.19 bits per heavy atom. The Bertz CT molecular complexity index is 185. The number of hydrogen-bond acceptors (Lipinski definition) is 3. The van der Waals surface area contributed by atoms with Gasteiger partial charge in [-0.1, -0.05) is 6.92 Å². The first-order valence-electron chi connectivity index (χ1n) is 6.70. The first-order chi connectivity index (χ1) is 7.63. The molecule has 1 aliphatic heterocycles. The molecule has 0 spiro atoms. The van der Waals surface area contributed by atoms with Crippen LogP contribution < -0.4 is 0 Å². The summed E-state index contributed by atoms with van der Waals surface area (Å²) in [7, 11) is 4.30. The molecule has 2 atom stereocenters. The minimum Gasteiger partial charge on any atom is -0.393 e. The van der Waals surface area contributed by atoms with Gasteiger partial charge >= 0.3 is 0 Å². The number of likely N-dealkylation sites (N-methyl/N-ethyl adjacent to an activating group) is 1. The lowest BCUT2D eigenvalue weighted by atomic mass is 10.1. The van der Waals surface area contributed by atoms with Crippen LogP contribution in [0.15, 0.2) is 0 Å². The third kappa shape index (κ3) is 4.81. The first kappa shape index (κ1) is 13.9. The number of hydrogen-bond donors (Lipinski definition) is 1. The van der Waals surface area contributed by atoms with Crippen LogP contribution in [0.4, 0.5) is 0 Å². The maximum Gasteiger partial charge on any atom is 0.0538 e. The summed E-state index contributed by atoms with van der Waals surface area (Å²) in [6, 6.07) is 0.744. The largest absolute Gasteiger partial charge is 0.393 e. The lowest BCUT2D eigenvalue weighted by molar-refractivity contribution is 0.143. The summed E-state index contributed by atoms with van der Waals surface area (Å²) in [6.07, 6.45) is 5.58. The van der Waals surface area contributed by atoms with Crippen molar-refractivity contribution < 1.29 is 5.11 Å². The van der Waals surface area contributed by atoms with E-state index < -0.39 is 0 Å². The van der Waals surface area contributed by atoms with E-state index in [1.54, 1.807) is 0 Å². The van der Waals surface area contributed by atoms with E-state index in [0.717, 1.165) is 31.8 Å². The molecule has 0 aromatic carbocycles. The van der Waals surface area contributed by atoms with Crippen LogP contribution in [0.5, 0.6) is 0 Å². The minimum absolute atomic E-state index is 0.0881. The van der Waals surface area contributed by atoms with Gasteiger partial charge in [-0.15, -0.1) is 0 Å². The molecule has 16 heavy (non-hydrogen) atoms. The molecule has 0 aromatic heterocycles. The van der Waals surface area contributed by atoms with Crippen molar-refractivity contribution in [1.29, 1.82) is 0 Å². The fourth-order valence-electron chi connectivity index (χ4n) is 2.55. The summed E-state index contributed by atoms with van der Waals surface area (Å²) >= 11 is 0. The highest BCUT2D eigenvalue weighted by atomic mass is 16.3. The van der Waals surface area contributed by atoms with Gasteiger partial charge in [-0.2, -0.15) is 0 Å². The van der Waals surface area contributed by atoms with Crippen molar-refractivity contribution in [2.24, 2.45) is 0 Å². The molecule has 0 amide bonds. The van der Waals surface area contributed by atoms with Crippen LogP contribution >= 0.6 is 0 Å². The van der Waals surface area contributed by atoms with E-state index in [1.807, 2.05) is 0 Å². The van der Waals surface area contributed by atoms with Crippen LogP contribution in [0, 0.1) is 0 Å². The molecular formula is C13H28N2O.